The number of furan rings is 1. The Labute approximate surface area is 271 Å². The molecule has 4 heterocycles. The van der Waals surface area contributed by atoms with Crippen molar-refractivity contribution in [3.63, 3.8) is 0 Å². The number of para-hydroxylation sites is 1. The van der Waals surface area contributed by atoms with Gasteiger partial charge in [0.05, 0.1) is 5.69 Å². The van der Waals surface area contributed by atoms with Crippen LogP contribution in [0.5, 0.6) is 0 Å². The molecule has 4 aromatic heterocycles. The summed E-state index contributed by atoms with van der Waals surface area (Å²) < 4.78 is 8.58. The van der Waals surface area contributed by atoms with Gasteiger partial charge in [-0.3, -0.25) is 0 Å². The number of fused-ring (bicyclic) bond motifs is 4. The van der Waals surface area contributed by atoms with Gasteiger partial charge in [0.25, 0.3) is 0 Å². The van der Waals surface area contributed by atoms with E-state index in [-0.39, 0.29) is 0 Å². The average Bonchev–Trinajstić information content (AvgIpc) is 3.74. The van der Waals surface area contributed by atoms with Gasteiger partial charge < -0.3 is 8.82 Å². The molecule has 0 saturated heterocycles. The lowest BCUT2D eigenvalue weighted by Crippen LogP contribution is -2.02. The third-order valence-electron chi connectivity index (χ3n) is 8.28. The summed E-state index contributed by atoms with van der Waals surface area (Å²) in [6.45, 7) is 6.17. The van der Waals surface area contributed by atoms with Crippen LogP contribution in [0.4, 0.5) is 0 Å². The van der Waals surface area contributed by atoms with Crippen LogP contribution in [0, 0.1) is 0 Å². The summed E-state index contributed by atoms with van der Waals surface area (Å²) in [7, 11) is 0. The van der Waals surface area contributed by atoms with Gasteiger partial charge in [0.1, 0.15) is 16.8 Å². The summed E-state index contributed by atoms with van der Waals surface area (Å²) in [5.74, 6) is 1.68. The van der Waals surface area contributed by atoms with E-state index in [1.807, 2.05) is 108 Å². The molecule has 0 bridgehead atoms. The summed E-state index contributed by atoms with van der Waals surface area (Å²) in [5, 5.41) is 2.04. The van der Waals surface area contributed by atoms with Crippen molar-refractivity contribution in [2.45, 2.75) is 6.92 Å². The van der Waals surface area contributed by atoms with Gasteiger partial charge >= 0.3 is 0 Å². The van der Waals surface area contributed by atoms with E-state index in [1.54, 1.807) is 6.08 Å². The highest BCUT2D eigenvalue weighted by Crippen LogP contribution is 2.37. The van der Waals surface area contributed by atoms with Crippen LogP contribution in [0.1, 0.15) is 18.3 Å². The molecule has 0 fully saturated rings. The van der Waals surface area contributed by atoms with E-state index in [9.17, 15) is 0 Å². The molecule has 8 aromatic rings. The molecule has 6 nitrogen and oxygen atoms in total. The third kappa shape index (κ3) is 5.32. The van der Waals surface area contributed by atoms with Gasteiger partial charge in [-0.1, -0.05) is 110 Å². The summed E-state index contributed by atoms with van der Waals surface area (Å²) in [6.07, 6.45) is 9.89. The second kappa shape index (κ2) is 11.8. The Morgan fingerprint density at radius 3 is 2.26 bits per heavy atom. The molecule has 224 valence electrons. The molecule has 0 aliphatic heterocycles. The van der Waals surface area contributed by atoms with Gasteiger partial charge in [-0.15, -0.1) is 0 Å². The van der Waals surface area contributed by atoms with E-state index in [4.69, 9.17) is 24.4 Å². The quantitative estimate of drug-likeness (QED) is 0.169. The van der Waals surface area contributed by atoms with Crippen LogP contribution in [0.25, 0.3) is 72.8 Å². The van der Waals surface area contributed by atoms with Crippen molar-refractivity contribution < 1.29 is 4.42 Å². The van der Waals surface area contributed by atoms with Crippen molar-refractivity contribution in [1.29, 1.82) is 0 Å². The number of rotatable bonds is 7. The number of benzene rings is 4. The second-order valence-corrected chi connectivity index (χ2v) is 11.3. The molecule has 0 atom stereocenters. The van der Waals surface area contributed by atoms with Crippen molar-refractivity contribution in [3.05, 3.63) is 164 Å². The van der Waals surface area contributed by atoms with Gasteiger partial charge in [0.15, 0.2) is 17.5 Å². The highest BCUT2D eigenvalue weighted by Gasteiger charge is 2.17. The van der Waals surface area contributed by atoms with Crippen LogP contribution in [-0.4, -0.2) is 24.3 Å². The minimum atomic E-state index is 0.541. The highest BCUT2D eigenvalue weighted by atomic mass is 16.3. The number of pyridine rings is 1. The molecular weight excluding hydrogens is 578 g/mol. The number of allylic oxidation sites excluding steroid dienone is 5. The first kappa shape index (κ1) is 28.1. The van der Waals surface area contributed by atoms with E-state index in [2.05, 4.69) is 49.9 Å². The number of nitrogens with zero attached hydrogens (tertiary/aromatic N) is 5. The normalized spacial score (nSPS) is 12.3. The lowest BCUT2D eigenvalue weighted by atomic mass is 10.1. The van der Waals surface area contributed by atoms with Gasteiger partial charge in [-0.05, 0) is 48.4 Å². The Morgan fingerprint density at radius 1 is 0.702 bits per heavy atom. The Morgan fingerprint density at radius 2 is 1.47 bits per heavy atom. The molecule has 6 heteroatoms. The van der Waals surface area contributed by atoms with Crippen LogP contribution in [0.15, 0.2) is 157 Å². The first-order valence-electron chi connectivity index (χ1n) is 15.4. The van der Waals surface area contributed by atoms with Crippen LogP contribution < -0.4 is 0 Å². The fourth-order valence-corrected chi connectivity index (χ4v) is 5.80. The molecular formula is C41H29N5O. The Kier molecular flexibility index (Phi) is 7.08. The van der Waals surface area contributed by atoms with E-state index in [0.29, 0.717) is 17.5 Å². The lowest BCUT2D eigenvalue weighted by molar-refractivity contribution is 0.670. The maximum Gasteiger partial charge on any atom is 0.164 e. The van der Waals surface area contributed by atoms with E-state index in [1.165, 1.54) is 0 Å². The lowest BCUT2D eigenvalue weighted by Gasteiger charge is -2.09. The third-order valence-corrected chi connectivity index (χ3v) is 8.28. The maximum absolute atomic E-state index is 6.56. The van der Waals surface area contributed by atoms with Crippen LogP contribution >= 0.6 is 0 Å². The van der Waals surface area contributed by atoms with Gasteiger partial charge in [0.2, 0.25) is 0 Å². The predicted octanol–water partition coefficient (Wildman–Crippen LogP) is 10.1. The number of hydrogen-bond donors (Lipinski definition) is 0. The molecule has 0 saturated carbocycles. The van der Waals surface area contributed by atoms with Crippen LogP contribution in [0.2, 0.25) is 0 Å². The Bertz CT molecular complexity index is 2450. The average molecular weight is 608 g/mol. The number of aromatic nitrogens is 5. The molecule has 0 aliphatic rings. The van der Waals surface area contributed by atoms with E-state index < -0.39 is 0 Å². The van der Waals surface area contributed by atoms with Gasteiger partial charge in [0, 0.05) is 45.4 Å². The van der Waals surface area contributed by atoms with Crippen molar-refractivity contribution in [2.75, 3.05) is 0 Å². The fourth-order valence-electron chi connectivity index (χ4n) is 5.80. The fraction of sp³-hybridized carbons (Fsp3) is 0.0244. The molecule has 0 aliphatic carbocycles. The smallest absolute Gasteiger partial charge is 0.164 e. The van der Waals surface area contributed by atoms with Crippen LogP contribution in [0.3, 0.4) is 0 Å². The van der Waals surface area contributed by atoms with E-state index in [0.717, 1.165) is 66.7 Å². The first-order chi connectivity index (χ1) is 23.1. The number of imidazole rings is 1. The predicted molar refractivity (Wildman–Crippen MR) is 190 cm³/mol. The van der Waals surface area contributed by atoms with Crippen molar-refractivity contribution >= 4 is 38.7 Å². The molecule has 8 rings (SSSR count). The number of hydrogen-bond acceptors (Lipinski definition) is 5. The minimum Gasteiger partial charge on any atom is -0.455 e. The van der Waals surface area contributed by atoms with E-state index >= 15 is 0 Å². The summed E-state index contributed by atoms with van der Waals surface area (Å²) >= 11 is 0. The summed E-state index contributed by atoms with van der Waals surface area (Å²) in [6, 6.07) is 38.5. The first-order valence-corrected chi connectivity index (χ1v) is 15.4. The van der Waals surface area contributed by atoms with Crippen molar-refractivity contribution in [3.8, 4) is 34.0 Å². The zero-order valence-electron chi connectivity index (χ0n) is 25.7. The minimum absolute atomic E-state index is 0.541. The monoisotopic (exact) mass is 607 g/mol. The summed E-state index contributed by atoms with van der Waals surface area (Å²) in [5.41, 5.74) is 9.02. The zero-order chi connectivity index (χ0) is 31.7. The highest BCUT2D eigenvalue weighted by molar-refractivity contribution is 6.10. The van der Waals surface area contributed by atoms with Crippen molar-refractivity contribution in [1.82, 2.24) is 24.3 Å². The molecule has 0 N–H and O–H groups in total. The Balaban J connectivity index is 1.25. The van der Waals surface area contributed by atoms with Crippen LogP contribution in [-0.2, 0) is 0 Å². The SMILES string of the molecule is C=C/C(=C\C=C(/C)c1ccccc1)c1nc(-c2ccccc2)nc(-c2ccc3c(c2)oc2c(-c4cn5ccccc5n4)cccc23)n1. The Hall–Kier alpha value is -6.40. The molecule has 0 amide bonds. The molecule has 0 spiro atoms. The topological polar surface area (TPSA) is 69.1 Å². The van der Waals surface area contributed by atoms with Crippen molar-refractivity contribution in [2.24, 2.45) is 0 Å². The maximum atomic E-state index is 6.56. The second-order valence-electron chi connectivity index (χ2n) is 11.3. The van der Waals surface area contributed by atoms with Gasteiger partial charge in [-0.25, -0.2) is 19.9 Å². The molecule has 0 radical (unpaired) electrons. The molecule has 47 heavy (non-hydrogen) atoms. The molecule has 4 aromatic carbocycles. The molecule has 0 unspecified atom stereocenters. The standard InChI is InChI=1S/C41H29N5O/c1-3-28(21-20-27(2)29-13-6-4-7-14-29)39-43-40(30-15-8-5-9-16-30)45-41(44-39)31-22-23-32-33-17-12-18-34(38(33)47-36(32)25-31)35-26-46-24-11-10-19-37(46)42-35/h3-26H,1H2,2H3/b27-20+,28-21+. The largest absolute Gasteiger partial charge is 0.455 e. The zero-order valence-corrected chi connectivity index (χ0v) is 25.7. The summed E-state index contributed by atoms with van der Waals surface area (Å²) in [4.78, 5) is 19.6. The van der Waals surface area contributed by atoms with Gasteiger partial charge in [-0.2, -0.15) is 0 Å².